The Hall–Kier alpha value is 1.67. The molecule has 6 heavy (non-hydrogen) atoms. The Kier molecular flexibility index (Phi) is 41.5. The van der Waals surface area contributed by atoms with Crippen LogP contribution in [-0.2, 0) is 4.79 Å². The molecule has 0 bridgehead atoms. The molecule has 1 nitrogen and oxygen atoms in total. The summed E-state index contributed by atoms with van der Waals surface area (Å²) < 4.78 is 0. The zero-order valence-electron chi connectivity index (χ0n) is 6.69. The Morgan fingerprint density at radius 2 is 1.83 bits per heavy atom. The van der Waals surface area contributed by atoms with E-state index in [0.717, 1.165) is 6.29 Å². The van der Waals surface area contributed by atoms with Crippen molar-refractivity contribution in [3.05, 3.63) is 0 Å². The van der Waals surface area contributed by atoms with Gasteiger partial charge in [0.25, 0.3) is 0 Å². The quantitative estimate of drug-likeness (QED) is 0.241. The monoisotopic (exact) mass is 106 g/mol. The third kappa shape index (κ3) is 17.3. The van der Waals surface area contributed by atoms with Gasteiger partial charge >= 0.3 is 59.1 Å². The van der Waals surface area contributed by atoms with E-state index in [4.69, 9.17) is 0 Å². The first-order chi connectivity index (χ1) is 1.91. The molecule has 0 rings (SSSR count). The smallest absolute Gasteiger partial charge is 1.00 e. The molecule has 3 heteroatoms. The molecule has 28 valence electrons. The van der Waals surface area contributed by atoms with Gasteiger partial charge in [0.15, 0.2) is 0 Å². The second kappa shape index (κ2) is 15.9. The first-order valence-electron chi connectivity index (χ1n) is 1.35. The van der Waals surface area contributed by atoms with Crippen molar-refractivity contribution in [2.24, 2.45) is 0 Å². The maximum Gasteiger partial charge on any atom is 1.00 e. The summed E-state index contributed by atoms with van der Waals surface area (Å²) in [6, 6.07) is 0. The fourth-order valence-corrected chi connectivity index (χ4v) is 0. The second-order valence-electron chi connectivity index (χ2n) is 0.575. The van der Waals surface area contributed by atoms with E-state index in [-0.39, 0.29) is 62.0 Å². The maximum absolute atomic E-state index is 9.17. The van der Waals surface area contributed by atoms with Crippen LogP contribution < -0.4 is 59.1 Å². The van der Waals surface area contributed by atoms with Gasteiger partial charge in [0.05, 0.1) is 0 Å². The van der Waals surface area contributed by atoms with Crippen LogP contribution in [0.2, 0.25) is 0 Å². The van der Waals surface area contributed by atoms with E-state index in [1.807, 2.05) is 6.92 Å². The van der Waals surface area contributed by atoms with E-state index in [0.29, 0.717) is 6.42 Å². The third-order valence-electron chi connectivity index (χ3n) is 0.167. The number of carbonyl (C=O) groups is 1. The fourth-order valence-electron chi connectivity index (χ4n) is 0. The van der Waals surface area contributed by atoms with Crippen LogP contribution in [0.15, 0.2) is 0 Å². The Morgan fingerprint density at radius 1 is 1.67 bits per heavy atom. The predicted octanol–water partition coefficient (Wildman–Crippen LogP) is -5.17. The summed E-state index contributed by atoms with van der Waals surface area (Å²) in [6.07, 6.45) is 1.51. The summed E-state index contributed by atoms with van der Waals surface area (Å²) in [5, 5.41) is 0. The molecule has 0 saturated heterocycles. The number of hydrogen-bond donors (Lipinski definition) is 0. The topological polar surface area (TPSA) is 17.1 Å². The van der Waals surface area contributed by atoms with Crippen molar-refractivity contribution in [3.63, 3.8) is 0 Å². The number of hydrogen-bond acceptors (Lipinski definition) is 1. The number of rotatable bonds is 1. The van der Waals surface area contributed by atoms with Crippen molar-refractivity contribution in [2.45, 2.75) is 13.3 Å². The van der Waals surface area contributed by atoms with Gasteiger partial charge in [0, 0.05) is 6.42 Å². The molecule has 0 aromatic heterocycles. The molecule has 0 atom stereocenters. The van der Waals surface area contributed by atoms with Crippen molar-refractivity contribution in [3.8, 4) is 0 Å². The molecule has 0 aliphatic heterocycles. The molecule has 0 radical (unpaired) electrons. The van der Waals surface area contributed by atoms with Crippen LogP contribution in [0.1, 0.15) is 16.2 Å². The van der Waals surface area contributed by atoms with Crippen LogP contribution in [0.5, 0.6) is 0 Å². The third-order valence-corrected chi connectivity index (χ3v) is 0.167. The van der Waals surface area contributed by atoms with E-state index >= 15 is 0 Å². The standard InChI is InChI=1S/C3H6O.2Na.2H/c1-2-3-4;;;;/h3H,2H2,1H3;;;;/q;2*+1;2*-1. The molecule has 0 aromatic rings. The van der Waals surface area contributed by atoms with Gasteiger partial charge in [-0.25, -0.2) is 0 Å². The van der Waals surface area contributed by atoms with Crippen LogP contribution in [0.4, 0.5) is 0 Å². The zero-order chi connectivity index (χ0) is 3.41. The van der Waals surface area contributed by atoms with Gasteiger partial charge in [0.2, 0.25) is 0 Å². The van der Waals surface area contributed by atoms with E-state index in [2.05, 4.69) is 0 Å². The van der Waals surface area contributed by atoms with Crippen molar-refractivity contribution < 1.29 is 66.8 Å². The predicted molar refractivity (Wildman–Crippen MR) is 18.6 cm³/mol. The molecule has 0 unspecified atom stereocenters. The van der Waals surface area contributed by atoms with E-state index in [1.54, 1.807) is 0 Å². The van der Waals surface area contributed by atoms with E-state index in [9.17, 15) is 4.79 Å². The van der Waals surface area contributed by atoms with Gasteiger partial charge in [-0.3, -0.25) is 0 Å². The summed E-state index contributed by atoms with van der Waals surface area (Å²) in [7, 11) is 0. The molecule has 0 N–H and O–H groups in total. The molecule has 0 aliphatic carbocycles. The normalized spacial score (nSPS) is 4.17. The minimum absolute atomic E-state index is 0. The summed E-state index contributed by atoms with van der Waals surface area (Å²) in [5.41, 5.74) is 0. The first kappa shape index (κ1) is 15.6. The minimum Gasteiger partial charge on any atom is -1.00 e. The molecule has 0 heterocycles. The van der Waals surface area contributed by atoms with Crippen molar-refractivity contribution in [1.82, 2.24) is 0 Å². The summed E-state index contributed by atoms with van der Waals surface area (Å²) >= 11 is 0. The largest absolute Gasteiger partial charge is 1.00 e. The van der Waals surface area contributed by atoms with Gasteiger partial charge in [-0.1, -0.05) is 6.92 Å². The zero-order valence-corrected chi connectivity index (χ0v) is 8.69. The number of aldehydes is 1. The number of carbonyl (C=O) groups excluding carboxylic acids is 1. The summed E-state index contributed by atoms with van der Waals surface area (Å²) in [6.45, 7) is 1.81. The van der Waals surface area contributed by atoms with Gasteiger partial charge in [-0.05, 0) is 0 Å². The molecule has 0 fully saturated rings. The Balaban J connectivity index is -0.00000000750. The van der Waals surface area contributed by atoms with Crippen LogP contribution in [-0.4, -0.2) is 6.29 Å². The van der Waals surface area contributed by atoms with Gasteiger partial charge in [0.1, 0.15) is 6.29 Å². The molecular weight excluding hydrogens is 98.0 g/mol. The fraction of sp³-hybridized carbons (Fsp3) is 0.667. The average Bonchev–Trinajstić information content (AvgIpc) is 1.37. The van der Waals surface area contributed by atoms with Gasteiger partial charge in [-0.15, -0.1) is 0 Å². The second-order valence-corrected chi connectivity index (χ2v) is 0.575. The molecule has 0 aliphatic rings. The molecule has 0 saturated carbocycles. The molecular formula is C3H8Na2O. The van der Waals surface area contributed by atoms with Crippen LogP contribution in [0, 0.1) is 0 Å². The Bertz CT molecular complexity index is 29.2. The van der Waals surface area contributed by atoms with Gasteiger partial charge in [-0.2, -0.15) is 0 Å². The van der Waals surface area contributed by atoms with E-state index < -0.39 is 0 Å². The summed E-state index contributed by atoms with van der Waals surface area (Å²) in [5.74, 6) is 0. The Morgan fingerprint density at radius 3 is 1.83 bits per heavy atom. The van der Waals surface area contributed by atoms with Crippen LogP contribution in [0.3, 0.4) is 0 Å². The van der Waals surface area contributed by atoms with Crippen LogP contribution in [0.25, 0.3) is 0 Å². The maximum atomic E-state index is 9.17. The summed E-state index contributed by atoms with van der Waals surface area (Å²) in [4.78, 5) is 9.17. The van der Waals surface area contributed by atoms with Crippen molar-refractivity contribution >= 4 is 6.29 Å². The molecule has 0 amide bonds. The molecule has 0 aromatic carbocycles. The molecule has 0 spiro atoms. The average molecular weight is 106 g/mol. The van der Waals surface area contributed by atoms with Crippen molar-refractivity contribution in [1.29, 1.82) is 0 Å². The Labute approximate surface area is 85.4 Å². The van der Waals surface area contributed by atoms with E-state index in [1.165, 1.54) is 0 Å². The van der Waals surface area contributed by atoms with Gasteiger partial charge < -0.3 is 7.65 Å². The van der Waals surface area contributed by atoms with Crippen LogP contribution >= 0.6 is 0 Å². The minimum atomic E-state index is 0. The first-order valence-corrected chi connectivity index (χ1v) is 1.35. The van der Waals surface area contributed by atoms with Crippen molar-refractivity contribution in [2.75, 3.05) is 0 Å². The SMILES string of the molecule is CCC=O.[H-].[H-].[Na+].[Na+].